The predicted octanol–water partition coefficient (Wildman–Crippen LogP) is 4.33. The minimum atomic E-state index is -1.02. The number of rotatable bonds is 4. The molecule has 5 heteroatoms. The van der Waals surface area contributed by atoms with Crippen LogP contribution in [-0.4, -0.2) is 11.1 Å². The number of carboxylic acids is 1. The van der Waals surface area contributed by atoms with Crippen molar-refractivity contribution < 1.29 is 9.90 Å². The van der Waals surface area contributed by atoms with E-state index in [1.165, 1.54) is 15.3 Å². The third kappa shape index (κ3) is 3.28. The van der Waals surface area contributed by atoms with Crippen molar-refractivity contribution in [2.24, 2.45) is 0 Å². The lowest BCUT2D eigenvalue weighted by molar-refractivity contribution is 0.0697. The summed E-state index contributed by atoms with van der Waals surface area (Å²) in [5.41, 5.74) is 2.10. The lowest BCUT2D eigenvalue weighted by Crippen LogP contribution is -2.02. The van der Waals surface area contributed by atoms with Crippen molar-refractivity contribution in [3.05, 3.63) is 50.2 Å². The van der Waals surface area contributed by atoms with Gasteiger partial charge in [0.1, 0.15) is 0 Å². The number of aromatic carboxylic acids is 1. The molecule has 0 aliphatic rings. The Bertz CT molecular complexity index is 622. The Labute approximate surface area is 120 Å². The van der Waals surface area contributed by atoms with Crippen molar-refractivity contribution in [1.82, 2.24) is 0 Å². The van der Waals surface area contributed by atoms with Gasteiger partial charge in [0.05, 0.1) is 10.6 Å². The fraction of sp³-hybridized carbons (Fsp3) is 0.214. The van der Waals surface area contributed by atoms with Crippen LogP contribution in [0.25, 0.3) is 0 Å². The number of benzene rings is 1. The molecule has 0 aliphatic heterocycles. The second kappa shape index (κ2) is 5.63. The van der Waals surface area contributed by atoms with Crippen LogP contribution in [0.5, 0.6) is 0 Å². The molecule has 100 valence electrons. The Kier molecular flexibility index (Phi) is 4.12. The highest BCUT2D eigenvalue weighted by Gasteiger charge is 2.09. The van der Waals surface area contributed by atoms with Gasteiger partial charge in [0.15, 0.2) is 0 Å². The molecule has 1 heterocycles. The highest BCUT2D eigenvalue weighted by atomic mass is 35.5. The number of nitrogens with one attached hydrogen (secondary N) is 1. The van der Waals surface area contributed by atoms with Gasteiger partial charge in [-0.2, -0.15) is 0 Å². The number of carbonyl (C=O) groups is 1. The molecule has 0 fully saturated rings. The molecular weight excluding hydrogens is 282 g/mol. The molecule has 0 saturated carbocycles. The highest BCUT2D eigenvalue weighted by molar-refractivity contribution is 7.12. The van der Waals surface area contributed by atoms with Crippen LogP contribution in [0.4, 0.5) is 5.69 Å². The summed E-state index contributed by atoms with van der Waals surface area (Å²) in [5, 5.41) is 12.5. The number of aryl methyl sites for hydroxylation is 2. The van der Waals surface area contributed by atoms with Crippen LogP contribution in [0.15, 0.2) is 24.3 Å². The molecular formula is C14H14ClNO2S. The molecule has 0 bridgehead atoms. The van der Waals surface area contributed by atoms with Crippen LogP contribution < -0.4 is 5.32 Å². The summed E-state index contributed by atoms with van der Waals surface area (Å²) in [6, 6.07) is 7.07. The second-order valence-corrected chi connectivity index (χ2v) is 6.16. The molecule has 1 aromatic carbocycles. The Hall–Kier alpha value is -1.52. The molecule has 2 N–H and O–H groups in total. The minimum Gasteiger partial charge on any atom is -0.478 e. The molecule has 2 rings (SSSR count). The topological polar surface area (TPSA) is 49.3 Å². The minimum absolute atomic E-state index is 0.116. The molecule has 0 unspecified atom stereocenters. The summed E-state index contributed by atoms with van der Waals surface area (Å²) in [6.45, 7) is 4.84. The van der Waals surface area contributed by atoms with Crippen molar-refractivity contribution in [2.45, 2.75) is 20.4 Å². The van der Waals surface area contributed by atoms with E-state index in [-0.39, 0.29) is 10.6 Å². The predicted molar refractivity (Wildman–Crippen MR) is 79.5 cm³/mol. The average Bonchev–Trinajstić information content (AvgIpc) is 2.66. The molecule has 0 radical (unpaired) electrons. The van der Waals surface area contributed by atoms with Gasteiger partial charge >= 0.3 is 5.97 Å². The van der Waals surface area contributed by atoms with Gasteiger partial charge < -0.3 is 10.4 Å². The monoisotopic (exact) mass is 295 g/mol. The fourth-order valence-electron chi connectivity index (χ4n) is 1.86. The smallest absolute Gasteiger partial charge is 0.337 e. The first-order valence-electron chi connectivity index (χ1n) is 5.80. The van der Waals surface area contributed by atoms with Crippen LogP contribution >= 0.6 is 22.9 Å². The lowest BCUT2D eigenvalue weighted by atomic mass is 10.2. The Balaban J connectivity index is 2.14. The summed E-state index contributed by atoms with van der Waals surface area (Å²) in [4.78, 5) is 13.5. The van der Waals surface area contributed by atoms with Crippen LogP contribution in [0.1, 0.15) is 25.7 Å². The van der Waals surface area contributed by atoms with Crippen molar-refractivity contribution in [3.8, 4) is 0 Å². The van der Waals surface area contributed by atoms with E-state index in [1.807, 2.05) is 0 Å². The largest absolute Gasteiger partial charge is 0.478 e. The molecule has 2 aromatic rings. The molecule has 0 atom stereocenters. The maximum Gasteiger partial charge on any atom is 0.337 e. The van der Waals surface area contributed by atoms with Crippen molar-refractivity contribution in [2.75, 3.05) is 5.32 Å². The number of hydrogen-bond donors (Lipinski definition) is 2. The second-order valence-electron chi connectivity index (χ2n) is 4.29. The van der Waals surface area contributed by atoms with Gasteiger partial charge in [-0.3, -0.25) is 0 Å². The van der Waals surface area contributed by atoms with E-state index in [4.69, 9.17) is 16.7 Å². The van der Waals surface area contributed by atoms with Gasteiger partial charge in [0, 0.05) is 22.0 Å². The van der Waals surface area contributed by atoms with E-state index >= 15 is 0 Å². The number of hydrogen-bond acceptors (Lipinski definition) is 3. The maximum atomic E-state index is 11.0. The van der Waals surface area contributed by atoms with Crippen LogP contribution in [-0.2, 0) is 6.54 Å². The number of anilines is 1. The molecule has 1 aromatic heterocycles. The third-order valence-electron chi connectivity index (χ3n) is 2.82. The molecule has 3 nitrogen and oxygen atoms in total. The van der Waals surface area contributed by atoms with E-state index in [1.54, 1.807) is 29.5 Å². The molecule has 0 aliphatic carbocycles. The summed E-state index contributed by atoms with van der Waals surface area (Å²) in [6.07, 6.45) is 0. The average molecular weight is 296 g/mol. The van der Waals surface area contributed by atoms with E-state index in [0.29, 0.717) is 6.54 Å². The van der Waals surface area contributed by atoms with Crippen molar-refractivity contribution >= 4 is 34.6 Å². The molecule has 0 amide bonds. The molecule has 19 heavy (non-hydrogen) atoms. The summed E-state index contributed by atoms with van der Waals surface area (Å²) in [7, 11) is 0. The van der Waals surface area contributed by atoms with Gasteiger partial charge in [-0.15, -0.1) is 11.3 Å². The van der Waals surface area contributed by atoms with Crippen LogP contribution in [0, 0.1) is 13.8 Å². The van der Waals surface area contributed by atoms with E-state index in [2.05, 4.69) is 25.2 Å². The Morgan fingerprint density at radius 1 is 1.37 bits per heavy atom. The van der Waals surface area contributed by atoms with Gasteiger partial charge in [-0.05, 0) is 43.7 Å². The third-order valence-corrected chi connectivity index (χ3v) is 4.16. The van der Waals surface area contributed by atoms with Crippen molar-refractivity contribution in [1.29, 1.82) is 0 Å². The SMILES string of the molecule is Cc1cc(CNc2ccc(Cl)c(C(=O)O)c2)c(C)s1. The molecule has 0 saturated heterocycles. The number of thiophene rings is 1. The fourth-order valence-corrected chi connectivity index (χ4v) is 3.00. The van der Waals surface area contributed by atoms with Gasteiger partial charge in [0.25, 0.3) is 0 Å². The zero-order valence-corrected chi connectivity index (χ0v) is 12.2. The van der Waals surface area contributed by atoms with E-state index in [9.17, 15) is 4.79 Å². The first kappa shape index (κ1) is 13.9. The zero-order valence-electron chi connectivity index (χ0n) is 10.7. The van der Waals surface area contributed by atoms with Gasteiger partial charge in [-0.1, -0.05) is 11.6 Å². The van der Waals surface area contributed by atoms with Gasteiger partial charge in [0.2, 0.25) is 0 Å². The quantitative estimate of drug-likeness (QED) is 0.882. The number of halogens is 1. The first-order valence-corrected chi connectivity index (χ1v) is 6.99. The highest BCUT2D eigenvalue weighted by Crippen LogP contribution is 2.24. The van der Waals surface area contributed by atoms with E-state index < -0.39 is 5.97 Å². The number of carboxylic acid groups (broad SMARTS) is 1. The van der Waals surface area contributed by atoms with E-state index in [0.717, 1.165) is 5.69 Å². The van der Waals surface area contributed by atoms with Crippen molar-refractivity contribution in [3.63, 3.8) is 0 Å². The van der Waals surface area contributed by atoms with Gasteiger partial charge in [-0.25, -0.2) is 4.79 Å². The van der Waals surface area contributed by atoms with Crippen LogP contribution in [0.3, 0.4) is 0 Å². The first-order chi connectivity index (χ1) is 8.97. The van der Waals surface area contributed by atoms with Crippen LogP contribution in [0.2, 0.25) is 5.02 Å². The summed E-state index contributed by atoms with van der Waals surface area (Å²) in [5.74, 6) is -1.02. The summed E-state index contributed by atoms with van der Waals surface area (Å²) >= 11 is 7.59. The lowest BCUT2D eigenvalue weighted by Gasteiger charge is -2.08. The maximum absolute atomic E-state index is 11.0. The normalized spacial score (nSPS) is 10.5. The standard InChI is InChI=1S/C14H14ClNO2S/c1-8-5-10(9(2)19-8)7-16-11-3-4-13(15)12(6-11)14(17)18/h3-6,16H,7H2,1-2H3,(H,17,18). The zero-order chi connectivity index (χ0) is 14.0. The summed E-state index contributed by atoms with van der Waals surface area (Å²) < 4.78 is 0. The Morgan fingerprint density at radius 2 is 2.11 bits per heavy atom. The Morgan fingerprint density at radius 3 is 2.68 bits per heavy atom. The molecule has 0 spiro atoms.